The molecule has 10 nitrogen and oxygen atoms in total. The SMILES string of the molecule is CC(C)n1cc(NC(=O)c2cc([N+](=O)[O-])cn2C(C)C)cc1C(=O)NCCCN(C)C. The Labute approximate surface area is 182 Å². The third kappa shape index (κ3) is 6.17. The molecule has 2 aromatic heterocycles. The molecule has 31 heavy (non-hydrogen) atoms. The minimum Gasteiger partial charge on any atom is -0.351 e. The van der Waals surface area contributed by atoms with Crippen LogP contribution in [-0.2, 0) is 0 Å². The molecule has 2 amide bonds. The van der Waals surface area contributed by atoms with Crippen molar-refractivity contribution in [3.8, 4) is 0 Å². The van der Waals surface area contributed by atoms with E-state index in [1.54, 1.807) is 21.4 Å². The van der Waals surface area contributed by atoms with Crippen molar-refractivity contribution in [3.63, 3.8) is 0 Å². The van der Waals surface area contributed by atoms with Crippen molar-refractivity contribution in [1.82, 2.24) is 19.4 Å². The van der Waals surface area contributed by atoms with Gasteiger partial charge in [-0.3, -0.25) is 19.7 Å². The van der Waals surface area contributed by atoms with E-state index >= 15 is 0 Å². The highest BCUT2D eigenvalue weighted by Gasteiger charge is 2.22. The fourth-order valence-corrected chi connectivity index (χ4v) is 3.21. The maximum Gasteiger partial charge on any atom is 0.287 e. The molecule has 0 unspecified atom stereocenters. The Morgan fingerprint density at radius 1 is 1.03 bits per heavy atom. The second-order valence-corrected chi connectivity index (χ2v) is 8.32. The van der Waals surface area contributed by atoms with Crippen molar-refractivity contribution >= 4 is 23.2 Å². The fourth-order valence-electron chi connectivity index (χ4n) is 3.21. The number of rotatable bonds is 10. The van der Waals surface area contributed by atoms with E-state index in [2.05, 4.69) is 10.6 Å². The van der Waals surface area contributed by atoms with E-state index in [0.29, 0.717) is 17.9 Å². The summed E-state index contributed by atoms with van der Waals surface area (Å²) in [5.74, 6) is -0.685. The van der Waals surface area contributed by atoms with E-state index in [1.807, 2.05) is 46.7 Å². The second-order valence-electron chi connectivity index (χ2n) is 8.32. The number of anilines is 1. The summed E-state index contributed by atoms with van der Waals surface area (Å²) in [6.07, 6.45) is 3.88. The minimum absolute atomic E-state index is 0.00814. The van der Waals surface area contributed by atoms with E-state index in [-0.39, 0.29) is 29.4 Å². The number of carbonyl (C=O) groups is 2. The van der Waals surface area contributed by atoms with Crippen molar-refractivity contribution in [2.75, 3.05) is 32.5 Å². The van der Waals surface area contributed by atoms with Gasteiger partial charge in [0.1, 0.15) is 11.4 Å². The van der Waals surface area contributed by atoms with E-state index in [0.717, 1.165) is 13.0 Å². The first kappa shape index (κ1) is 24.1. The molecule has 2 heterocycles. The molecule has 0 aliphatic carbocycles. The molecule has 0 radical (unpaired) electrons. The van der Waals surface area contributed by atoms with Crippen molar-refractivity contribution in [3.05, 3.63) is 46.0 Å². The molecule has 0 bridgehead atoms. The molecule has 0 fully saturated rings. The lowest BCUT2D eigenvalue weighted by molar-refractivity contribution is -0.384. The molecular weight excluding hydrogens is 400 g/mol. The topological polar surface area (TPSA) is 114 Å². The van der Waals surface area contributed by atoms with E-state index in [1.165, 1.54) is 12.3 Å². The fraction of sp³-hybridized carbons (Fsp3) is 0.524. The molecule has 0 saturated carbocycles. The highest BCUT2D eigenvalue weighted by Crippen LogP contribution is 2.23. The zero-order valence-electron chi connectivity index (χ0n) is 19.0. The van der Waals surface area contributed by atoms with E-state index in [9.17, 15) is 19.7 Å². The lowest BCUT2D eigenvalue weighted by Crippen LogP contribution is -2.29. The van der Waals surface area contributed by atoms with Crippen LogP contribution in [0, 0.1) is 10.1 Å². The van der Waals surface area contributed by atoms with Crippen molar-refractivity contribution in [2.45, 2.75) is 46.2 Å². The van der Waals surface area contributed by atoms with E-state index < -0.39 is 10.8 Å². The van der Waals surface area contributed by atoms with Gasteiger partial charge in [0.15, 0.2) is 0 Å². The van der Waals surface area contributed by atoms with Crippen LogP contribution in [0.15, 0.2) is 24.5 Å². The summed E-state index contributed by atoms with van der Waals surface area (Å²) in [5, 5.41) is 16.8. The van der Waals surface area contributed by atoms with Crippen LogP contribution in [0.1, 0.15) is 67.2 Å². The van der Waals surface area contributed by atoms with Crippen LogP contribution in [0.4, 0.5) is 11.4 Å². The number of hydrogen-bond acceptors (Lipinski definition) is 5. The number of nitrogens with one attached hydrogen (secondary N) is 2. The summed E-state index contributed by atoms with van der Waals surface area (Å²) < 4.78 is 3.35. The first-order valence-corrected chi connectivity index (χ1v) is 10.3. The first-order valence-electron chi connectivity index (χ1n) is 10.3. The summed E-state index contributed by atoms with van der Waals surface area (Å²) in [7, 11) is 3.95. The average molecular weight is 433 g/mol. The molecule has 2 N–H and O–H groups in total. The van der Waals surface area contributed by atoms with Crippen LogP contribution in [0.2, 0.25) is 0 Å². The average Bonchev–Trinajstić information content (AvgIpc) is 3.29. The Balaban J connectivity index is 2.21. The van der Waals surface area contributed by atoms with Gasteiger partial charge < -0.3 is 24.7 Å². The van der Waals surface area contributed by atoms with Gasteiger partial charge in [-0.15, -0.1) is 0 Å². The molecule has 2 aromatic rings. The Hall–Kier alpha value is -3.14. The number of aromatic nitrogens is 2. The zero-order chi connectivity index (χ0) is 23.3. The Kier molecular flexibility index (Phi) is 7.98. The van der Waals surface area contributed by atoms with Crippen LogP contribution in [-0.4, -0.2) is 58.0 Å². The number of carbonyl (C=O) groups excluding carboxylic acids is 2. The van der Waals surface area contributed by atoms with Crippen LogP contribution < -0.4 is 10.6 Å². The third-order valence-electron chi connectivity index (χ3n) is 4.80. The van der Waals surface area contributed by atoms with Crippen molar-refractivity contribution in [1.29, 1.82) is 0 Å². The highest BCUT2D eigenvalue weighted by atomic mass is 16.6. The monoisotopic (exact) mass is 432 g/mol. The van der Waals surface area contributed by atoms with Crippen molar-refractivity contribution in [2.24, 2.45) is 0 Å². The molecule has 0 atom stereocenters. The Morgan fingerprint density at radius 2 is 1.61 bits per heavy atom. The molecule has 0 aliphatic heterocycles. The van der Waals surface area contributed by atoms with Gasteiger partial charge in [0, 0.05) is 30.9 Å². The van der Waals surface area contributed by atoms with Crippen LogP contribution in [0.25, 0.3) is 0 Å². The predicted molar refractivity (Wildman–Crippen MR) is 120 cm³/mol. The number of nitro groups is 1. The molecular formula is C21H32N6O4. The standard InChI is InChI=1S/C21H32N6O4/c1-14(2)25-12-16(10-18(25)20(28)22-8-7-9-24(5)6)23-21(29)19-11-17(27(30)31)13-26(19)15(3)4/h10-15H,7-9H2,1-6H3,(H,22,28)(H,23,29). The maximum atomic E-state index is 12.8. The van der Waals surface area contributed by atoms with Crippen LogP contribution in [0.5, 0.6) is 0 Å². The van der Waals surface area contributed by atoms with Crippen LogP contribution in [0.3, 0.4) is 0 Å². The summed E-state index contributed by atoms with van der Waals surface area (Å²) >= 11 is 0. The quantitative estimate of drug-likeness (QED) is 0.340. The number of amides is 2. The maximum absolute atomic E-state index is 12.8. The van der Waals surface area contributed by atoms with Gasteiger partial charge in [-0.1, -0.05) is 0 Å². The third-order valence-corrected chi connectivity index (χ3v) is 4.80. The molecule has 0 aromatic carbocycles. The zero-order valence-corrected chi connectivity index (χ0v) is 19.0. The molecule has 0 aliphatic rings. The lowest BCUT2D eigenvalue weighted by Gasteiger charge is -2.13. The van der Waals surface area contributed by atoms with Gasteiger partial charge in [-0.25, -0.2) is 0 Å². The van der Waals surface area contributed by atoms with Crippen molar-refractivity contribution < 1.29 is 14.5 Å². The number of hydrogen-bond donors (Lipinski definition) is 2. The summed E-state index contributed by atoms with van der Waals surface area (Å²) in [5.41, 5.74) is 0.946. The summed E-state index contributed by atoms with van der Waals surface area (Å²) in [4.78, 5) is 38.2. The normalized spacial score (nSPS) is 11.4. The molecule has 0 saturated heterocycles. The van der Waals surface area contributed by atoms with Gasteiger partial charge >= 0.3 is 0 Å². The predicted octanol–water partition coefficient (Wildman–Crippen LogP) is 3.29. The summed E-state index contributed by atoms with van der Waals surface area (Å²) in [6.45, 7) is 8.99. The first-order chi connectivity index (χ1) is 14.5. The minimum atomic E-state index is -0.524. The van der Waals surface area contributed by atoms with Gasteiger partial charge in [0.2, 0.25) is 0 Å². The largest absolute Gasteiger partial charge is 0.351 e. The summed E-state index contributed by atoms with van der Waals surface area (Å²) in [6, 6.07) is 2.76. The Morgan fingerprint density at radius 3 is 2.16 bits per heavy atom. The molecule has 2 rings (SSSR count). The highest BCUT2D eigenvalue weighted by molar-refractivity contribution is 6.04. The van der Waals surface area contributed by atoms with Gasteiger partial charge in [0.05, 0.1) is 16.8 Å². The molecule has 0 spiro atoms. The van der Waals surface area contributed by atoms with Gasteiger partial charge in [-0.2, -0.15) is 0 Å². The molecule has 10 heteroatoms. The van der Waals surface area contributed by atoms with Crippen LogP contribution >= 0.6 is 0 Å². The molecule has 170 valence electrons. The second kappa shape index (κ2) is 10.3. The number of nitrogens with zero attached hydrogens (tertiary/aromatic N) is 4. The lowest BCUT2D eigenvalue weighted by atomic mass is 10.3. The Bertz CT molecular complexity index is 942. The van der Waals surface area contributed by atoms with Gasteiger partial charge in [0.25, 0.3) is 17.5 Å². The van der Waals surface area contributed by atoms with Gasteiger partial charge in [-0.05, 0) is 60.8 Å². The van der Waals surface area contributed by atoms with E-state index in [4.69, 9.17) is 0 Å². The smallest absolute Gasteiger partial charge is 0.287 e.